The molecule has 1 N–H and O–H groups in total. The van der Waals surface area contributed by atoms with Crippen LogP contribution in [0.3, 0.4) is 0 Å². The Morgan fingerprint density at radius 1 is 1.24 bits per heavy atom. The number of thioether (sulfide) groups is 1. The van der Waals surface area contributed by atoms with E-state index >= 15 is 0 Å². The first-order valence-electron chi connectivity index (χ1n) is 6.94. The van der Waals surface area contributed by atoms with Gasteiger partial charge in [-0.15, -0.1) is 11.8 Å². The van der Waals surface area contributed by atoms with E-state index in [0.717, 1.165) is 23.3 Å². The Hall–Kier alpha value is -1.81. The van der Waals surface area contributed by atoms with E-state index in [1.165, 1.54) is 17.8 Å². The van der Waals surface area contributed by atoms with E-state index in [1.807, 2.05) is 37.3 Å². The molecular formula is C17H16FNOS. The van der Waals surface area contributed by atoms with Crippen molar-refractivity contribution in [3.05, 3.63) is 65.0 Å². The summed E-state index contributed by atoms with van der Waals surface area (Å²) in [6.45, 7) is 1.99. The highest BCUT2D eigenvalue weighted by Crippen LogP contribution is 2.37. The molecule has 0 saturated heterocycles. The lowest BCUT2D eigenvalue weighted by atomic mass is 10.0. The number of benzene rings is 2. The fourth-order valence-corrected chi connectivity index (χ4v) is 3.62. The summed E-state index contributed by atoms with van der Waals surface area (Å²) < 4.78 is 13.8. The molecule has 0 spiro atoms. The van der Waals surface area contributed by atoms with Crippen molar-refractivity contribution in [3.63, 3.8) is 0 Å². The highest BCUT2D eigenvalue weighted by Gasteiger charge is 2.24. The summed E-state index contributed by atoms with van der Waals surface area (Å²) in [6.07, 6.45) is 0.818. The van der Waals surface area contributed by atoms with Crippen LogP contribution in [0.4, 0.5) is 4.39 Å². The van der Waals surface area contributed by atoms with E-state index < -0.39 is 0 Å². The maximum atomic E-state index is 13.8. The van der Waals surface area contributed by atoms with Crippen LogP contribution in [-0.4, -0.2) is 11.7 Å². The number of amides is 1. The molecule has 0 unspecified atom stereocenters. The van der Waals surface area contributed by atoms with Crippen LogP contribution in [-0.2, 0) is 0 Å². The number of aryl methyl sites for hydroxylation is 1. The predicted molar refractivity (Wildman–Crippen MR) is 83.1 cm³/mol. The molecule has 2 aromatic carbocycles. The molecule has 1 amide bonds. The van der Waals surface area contributed by atoms with Crippen molar-refractivity contribution in [2.24, 2.45) is 0 Å². The van der Waals surface area contributed by atoms with Gasteiger partial charge in [-0.25, -0.2) is 4.39 Å². The van der Waals surface area contributed by atoms with E-state index in [1.54, 1.807) is 6.07 Å². The fraction of sp³-hybridized carbons (Fsp3) is 0.235. The molecule has 0 radical (unpaired) electrons. The monoisotopic (exact) mass is 301 g/mol. The number of rotatable bonds is 2. The predicted octanol–water partition coefficient (Wildman–Crippen LogP) is 4.10. The summed E-state index contributed by atoms with van der Waals surface area (Å²) in [7, 11) is 0. The molecule has 1 aliphatic rings. The topological polar surface area (TPSA) is 29.1 Å². The molecule has 0 bridgehead atoms. The molecule has 1 heterocycles. The highest BCUT2D eigenvalue weighted by atomic mass is 32.2. The SMILES string of the molecule is Cc1ccc(C(=O)N[C@@H]2CCSc3c(F)cccc32)cc1. The average Bonchev–Trinajstić information content (AvgIpc) is 2.49. The lowest BCUT2D eigenvalue weighted by Gasteiger charge is -2.26. The Labute approximate surface area is 127 Å². The van der Waals surface area contributed by atoms with Crippen molar-refractivity contribution in [2.75, 3.05) is 5.75 Å². The first-order valence-corrected chi connectivity index (χ1v) is 7.92. The molecule has 3 rings (SSSR count). The Kier molecular flexibility index (Phi) is 3.97. The van der Waals surface area contributed by atoms with Gasteiger partial charge in [0.1, 0.15) is 5.82 Å². The van der Waals surface area contributed by atoms with E-state index in [-0.39, 0.29) is 17.8 Å². The smallest absolute Gasteiger partial charge is 0.251 e. The van der Waals surface area contributed by atoms with Gasteiger partial charge >= 0.3 is 0 Å². The summed E-state index contributed by atoms with van der Waals surface area (Å²) >= 11 is 1.52. The maximum Gasteiger partial charge on any atom is 0.251 e. The summed E-state index contributed by atoms with van der Waals surface area (Å²) in [5, 5.41) is 3.02. The van der Waals surface area contributed by atoms with Crippen LogP contribution in [0, 0.1) is 12.7 Å². The van der Waals surface area contributed by atoms with Crippen molar-refractivity contribution in [2.45, 2.75) is 24.3 Å². The fourth-order valence-electron chi connectivity index (χ4n) is 2.48. The van der Waals surface area contributed by atoms with Crippen LogP contribution < -0.4 is 5.32 Å². The van der Waals surface area contributed by atoms with Crippen LogP contribution in [0.25, 0.3) is 0 Å². The van der Waals surface area contributed by atoms with Crippen LogP contribution in [0.2, 0.25) is 0 Å². The number of hydrogen-bond acceptors (Lipinski definition) is 2. The number of fused-ring (bicyclic) bond motifs is 1. The van der Waals surface area contributed by atoms with Gasteiger partial charge in [-0.2, -0.15) is 0 Å². The first kappa shape index (κ1) is 14.1. The molecule has 0 aliphatic carbocycles. The Bertz CT molecular complexity index is 669. The summed E-state index contributed by atoms with van der Waals surface area (Å²) in [5.74, 6) is 0.501. The molecule has 2 nitrogen and oxygen atoms in total. The Morgan fingerprint density at radius 3 is 2.76 bits per heavy atom. The second-order valence-corrected chi connectivity index (χ2v) is 6.29. The Morgan fingerprint density at radius 2 is 2.00 bits per heavy atom. The Balaban J connectivity index is 1.82. The van der Waals surface area contributed by atoms with Gasteiger partial charge in [-0.05, 0) is 37.1 Å². The minimum absolute atomic E-state index is 0.109. The number of halogens is 1. The standard InChI is InChI=1S/C17H16FNOS/c1-11-5-7-12(8-6-11)17(20)19-15-9-10-21-16-13(15)3-2-4-14(16)18/h2-8,15H,9-10H2,1H3,(H,19,20)/t15-/m1/s1. The number of carbonyl (C=O) groups excluding carboxylic acids is 1. The van der Waals surface area contributed by atoms with Gasteiger partial charge in [-0.1, -0.05) is 29.8 Å². The van der Waals surface area contributed by atoms with Crippen LogP contribution in [0.15, 0.2) is 47.4 Å². The van der Waals surface area contributed by atoms with E-state index in [4.69, 9.17) is 0 Å². The molecule has 0 aromatic heterocycles. The van der Waals surface area contributed by atoms with Crippen molar-refractivity contribution >= 4 is 17.7 Å². The minimum atomic E-state index is -0.202. The van der Waals surface area contributed by atoms with Gasteiger partial charge in [0.05, 0.1) is 6.04 Å². The lowest BCUT2D eigenvalue weighted by Crippen LogP contribution is -2.30. The molecule has 1 aliphatic heterocycles. The zero-order valence-electron chi connectivity index (χ0n) is 11.7. The summed E-state index contributed by atoms with van der Waals surface area (Å²) in [5.41, 5.74) is 2.64. The molecule has 1 atom stereocenters. The normalized spacial score (nSPS) is 17.1. The largest absolute Gasteiger partial charge is 0.345 e. The van der Waals surface area contributed by atoms with Gasteiger partial charge in [0.15, 0.2) is 0 Å². The maximum absolute atomic E-state index is 13.8. The van der Waals surface area contributed by atoms with Crippen LogP contribution >= 0.6 is 11.8 Å². The van der Waals surface area contributed by atoms with Crippen LogP contribution in [0.5, 0.6) is 0 Å². The molecular weight excluding hydrogens is 285 g/mol. The third kappa shape index (κ3) is 2.95. The molecule has 0 saturated carbocycles. The first-order chi connectivity index (χ1) is 10.1. The van der Waals surface area contributed by atoms with Crippen molar-refractivity contribution in [1.29, 1.82) is 0 Å². The number of nitrogens with one attached hydrogen (secondary N) is 1. The lowest BCUT2D eigenvalue weighted by molar-refractivity contribution is 0.0935. The van der Waals surface area contributed by atoms with Gasteiger partial charge in [0, 0.05) is 16.2 Å². The molecule has 4 heteroatoms. The average molecular weight is 301 g/mol. The molecule has 21 heavy (non-hydrogen) atoms. The van der Waals surface area contributed by atoms with Crippen molar-refractivity contribution in [1.82, 2.24) is 5.32 Å². The van der Waals surface area contributed by atoms with E-state index in [2.05, 4.69) is 5.32 Å². The second kappa shape index (κ2) is 5.90. The van der Waals surface area contributed by atoms with Crippen molar-refractivity contribution in [3.8, 4) is 0 Å². The third-order valence-corrected chi connectivity index (χ3v) is 4.80. The number of carbonyl (C=O) groups is 1. The zero-order chi connectivity index (χ0) is 14.8. The van der Waals surface area contributed by atoms with Gasteiger partial charge < -0.3 is 5.32 Å². The molecule has 2 aromatic rings. The summed E-state index contributed by atoms with van der Waals surface area (Å²) in [4.78, 5) is 13.0. The van der Waals surface area contributed by atoms with Gasteiger partial charge in [0.2, 0.25) is 0 Å². The summed E-state index contributed by atoms with van der Waals surface area (Å²) in [6, 6.07) is 12.4. The highest BCUT2D eigenvalue weighted by molar-refractivity contribution is 7.99. The zero-order valence-corrected chi connectivity index (χ0v) is 12.5. The van der Waals surface area contributed by atoms with E-state index in [0.29, 0.717) is 10.5 Å². The van der Waals surface area contributed by atoms with Gasteiger partial charge in [0.25, 0.3) is 5.91 Å². The number of hydrogen-bond donors (Lipinski definition) is 1. The quantitative estimate of drug-likeness (QED) is 0.904. The molecule has 108 valence electrons. The van der Waals surface area contributed by atoms with Crippen LogP contribution in [0.1, 0.15) is 33.9 Å². The van der Waals surface area contributed by atoms with E-state index in [9.17, 15) is 9.18 Å². The molecule has 0 fully saturated rings. The second-order valence-electron chi connectivity index (χ2n) is 5.19. The minimum Gasteiger partial charge on any atom is -0.345 e. The third-order valence-electron chi connectivity index (χ3n) is 3.64. The van der Waals surface area contributed by atoms with Crippen molar-refractivity contribution < 1.29 is 9.18 Å². The van der Waals surface area contributed by atoms with Gasteiger partial charge in [-0.3, -0.25) is 4.79 Å².